The van der Waals surface area contributed by atoms with Crippen LogP contribution in [0.25, 0.3) is 0 Å². The second kappa shape index (κ2) is 7.79. The van der Waals surface area contributed by atoms with Crippen molar-refractivity contribution in [3.8, 4) is 0 Å². The van der Waals surface area contributed by atoms with Gasteiger partial charge >= 0.3 is 5.97 Å². The summed E-state index contributed by atoms with van der Waals surface area (Å²) in [6.45, 7) is 5.03. The molecule has 0 saturated heterocycles. The Bertz CT molecular complexity index is 793. The van der Waals surface area contributed by atoms with Crippen molar-refractivity contribution >= 4 is 17.7 Å². The molecule has 1 unspecified atom stereocenters. The smallest absolute Gasteiger partial charge is 0.326 e. The van der Waals surface area contributed by atoms with Crippen molar-refractivity contribution in [3.63, 3.8) is 0 Å². The zero-order chi connectivity index (χ0) is 18.6. The zero-order valence-corrected chi connectivity index (χ0v) is 14.6. The minimum Gasteiger partial charge on any atom is -0.480 e. The van der Waals surface area contributed by atoms with Gasteiger partial charge in [0.05, 0.1) is 0 Å². The van der Waals surface area contributed by atoms with Crippen molar-refractivity contribution in [2.75, 3.05) is 0 Å². The van der Waals surface area contributed by atoms with E-state index >= 15 is 0 Å². The van der Waals surface area contributed by atoms with E-state index in [1.165, 1.54) is 6.92 Å². The molecule has 2 aromatic rings. The zero-order valence-electron chi connectivity index (χ0n) is 14.6. The van der Waals surface area contributed by atoms with Gasteiger partial charge in [0.15, 0.2) is 5.78 Å². The number of ketones is 1. The first-order chi connectivity index (χ1) is 11.8. The second-order valence-corrected chi connectivity index (χ2v) is 5.94. The molecule has 1 heterocycles. The molecule has 25 heavy (non-hydrogen) atoms. The van der Waals surface area contributed by atoms with Gasteiger partial charge in [-0.25, -0.2) is 4.79 Å². The summed E-state index contributed by atoms with van der Waals surface area (Å²) >= 11 is 0. The van der Waals surface area contributed by atoms with E-state index in [4.69, 9.17) is 0 Å². The molecule has 6 heteroatoms. The number of nitrogens with one attached hydrogen (secondary N) is 2. The number of hydrogen-bond acceptors (Lipinski definition) is 3. The number of benzene rings is 1. The summed E-state index contributed by atoms with van der Waals surface area (Å²) in [5.41, 5.74) is 2.81. The van der Waals surface area contributed by atoms with Crippen LogP contribution in [0.2, 0.25) is 0 Å². The summed E-state index contributed by atoms with van der Waals surface area (Å²) < 4.78 is 0. The topological polar surface area (TPSA) is 99.3 Å². The fourth-order valence-corrected chi connectivity index (χ4v) is 2.98. The molecule has 0 spiro atoms. The van der Waals surface area contributed by atoms with E-state index in [2.05, 4.69) is 10.3 Å². The molecule has 0 bridgehead atoms. The Morgan fingerprint density at radius 2 is 1.84 bits per heavy atom. The monoisotopic (exact) mass is 342 g/mol. The van der Waals surface area contributed by atoms with Gasteiger partial charge in [0, 0.05) is 17.7 Å². The van der Waals surface area contributed by atoms with Crippen molar-refractivity contribution in [2.45, 2.75) is 39.7 Å². The lowest BCUT2D eigenvalue weighted by molar-refractivity contribution is -0.139. The molecule has 3 N–H and O–H groups in total. The van der Waals surface area contributed by atoms with Crippen LogP contribution in [0.3, 0.4) is 0 Å². The van der Waals surface area contributed by atoms with E-state index < -0.39 is 17.9 Å². The van der Waals surface area contributed by atoms with E-state index in [0.29, 0.717) is 23.2 Å². The van der Waals surface area contributed by atoms with Gasteiger partial charge in [0.1, 0.15) is 11.7 Å². The molecule has 6 nitrogen and oxygen atoms in total. The number of aryl methyl sites for hydroxylation is 1. The van der Waals surface area contributed by atoms with Crippen LogP contribution in [0.5, 0.6) is 0 Å². The van der Waals surface area contributed by atoms with Gasteiger partial charge in [-0.2, -0.15) is 0 Å². The van der Waals surface area contributed by atoms with E-state index in [1.807, 2.05) is 37.3 Å². The van der Waals surface area contributed by atoms with Gasteiger partial charge in [0.2, 0.25) is 0 Å². The summed E-state index contributed by atoms with van der Waals surface area (Å²) in [5, 5.41) is 12.0. The predicted octanol–water partition coefficient (Wildman–Crippen LogP) is 2.51. The van der Waals surface area contributed by atoms with Crippen LogP contribution in [-0.4, -0.2) is 33.8 Å². The lowest BCUT2D eigenvalue weighted by Gasteiger charge is -2.15. The lowest BCUT2D eigenvalue weighted by atomic mass is 10.0. The predicted molar refractivity (Wildman–Crippen MR) is 93.9 cm³/mol. The van der Waals surface area contributed by atoms with Crippen LogP contribution in [0.15, 0.2) is 30.3 Å². The number of carboxylic acids is 1. The molecule has 1 atom stereocenters. The number of H-pyrrole nitrogens is 1. The highest BCUT2D eigenvalue weighted by Crippen LogP contribution is 2.20. The fraction of sp³-hybridized carbons (Fsp3) is 0.316. The third-order valence-electron chi connectivity index (χ3n) is 4.11. The van der Waals surface area contributed by atoms with E-state index in [9.17, 15) is 19.5 Å². The average Bonchev–Trinajstić information content (AvgIpc) is 2.91. The van der Waals surface area contributed by atoms with Crippen LogP contribution in [0.4, 0.5) is 0 Å². The summed E-state index contributed by atoms with van der Waals surface area (Å²) in [6, 6.07) is 8.05. The number of Topliss-reactive ketones (excluding diaryl/α,β-unsaturated/α-hetero) is 1. The highest BCUT2D eigenvalue weighted by atomic mass is 16.4. The molecule has 0 aliphatic carbocycles. The SMILES string of the molecule is CCc1c(C(=O)NC(Cc2ccccc2)C(=O)O)[nH]c(C)c1C(C)=O. The molecule has 1 aromatic heterocycles. The third kappa shape index (κ3) is 4.15. The Morgan fingerprint density at radius 1 is 1.20 bits per heavy atom. The van der Waals surface area contributed by atoms with Gasteiger partial charge in [-0.3, -0.25) is 9.59 Å². The van der Waals surface area contributed by atoms with Crippen LogP contribution < -0.4 is 5.32 Å². The highest BCUT2D eigenvalue weighted by Gasteiger charge is 2.26. The van der Waals surface area contributed by atoms with Crippen molar-refractivity contribution < 1.29 is 19.5 Å². The number of carbonyl (C=O) groups is 3. The molecule has 1 amide bonds. The number of aromatic amines is 1. The Balaban J connectivity index is 2.26. The molecular weight excluding hydrogens is 320 g/mol. The maximum absolute atomic E-state index is 12.6. The minimum absolute atomic E-state index is 0.122. The third-order valence-corrected chi connectivity index (χ3v) is 4.11. The number of aromatic nitrogens is 1. The van der Waals surface area contributed by atoms with E-state index in [1.54, 1.807) is 6.92 Å². The average molecular weight is 342 g/mol. The number of amides is 1. The standard InChI is InChI=1S/C19H22N2O4/c1-4-14-16(12(3)22)11(2)20-17(14)18(23)21-15(19(24)25)10-13-8-6-5-7-9-13/h5-9,15,20H,4,10H2,1-3H3,(H,21,23)(H,24,25). The Morgan fingerprint density at radius 3 is 2.36 bits per heavy atom. The number of hydrogen-bond donors (Lipinski definition) is 3. The van der Waals surface area contributed by atoms with Crippen molar-refractivity contribution in [1.82, 2.24) is 10.3 Å². The normalized spacial score (nSPS) is 11.8. The maximum atomic E-state index is 12.6. The Kier molecular flexibility index (Phi) is 5.75. The van der Waals surface area contributed by atoms with Crippen LogP contribution in [0, 0.1) is 6.92 Å². The molecule has 0 saturated carbocycles. The Labute approximate surface area is 146 Å². The van der Waals surface area contributed by atoms with Crippen LogP contribution in [-0.2, 0) is 17.6 Å². The largest absolute Gasteiger partial charge is 0.480 e. The summed E-state index contributed by atoms with van der Waals surface area (Å²) in [4.78, 5) is 38.9. The van der Waals surface area contributed by atoms with E-state index in [0.717, 1.165) is 5.56 Å². The molecule has 132 valence electrons. The Hall–Kier alpha value is -2.89. The van der Waals surface area contributed by atoms with Gasteiger partial charge in [-0.1, -0.05) is 37.3 Å². The lowest BCUT2D eigenvalue weighted by Crippen LogP contribution is -2.42. The quantitative estimate of drug-likeness (QED) is 0.673. The number of carboxylic acid groups (broad SMARTS) is 1. The molecule has 0 aliphatic rings. The first kappa shape index (κ1) is 18.4. The number of rotatable bonds is 7. The van der Waals surface area contributed by atoms with Gasteiger partial charge in [-0.05, 0) is 31.4 Å². The summed E-state index contributed by atoms with van der Waals surface area (Å²) in [7, 11) is 0. The van der Waals surface area contributed by atoms with Crippen molar-refractivity contribution in [1.29, 1.82) is 0 Å². The first-order valence-corrected chi connectivity index (χ1v) is 8.15. The van der Waals surface area contributed by atoms with Crippen LogP contribution >= 0.6 is 0 Å². The van der Waals surface area contributed by atoms with Gasteiger partial charge in [-0.15, -0.1) is 0 Å². The van der Waals surface area contributed by atoms with Crippen molar-refractivity contribution in [3.05, 3.63) is 58.4 Å². The molecule has 2 rings (SSSR count). The van der Waals surface area contributed by atoms with Gasteiger partial charge < -0.3 is 15.4 Å². The summed E-state index contributed by atoms with van der Waals surface area (Å²) in [5.74, 6) is -1.75. The molecule has 1 aromatic carbocycles. The minimum atomic E-state index is -1.11. The van der Waals surface area contributed by atoms with E-state index in [-0.39, 0.29) is 17.9 Å². The molecule has 0 radical (unpaired) electrons. The summed E-state index contributed by atoms with van der Waals surface area (Å²) in [6.07, 6.45) is 0.682. The second-order valence-electron chi connectivity index (χ2n) is 5.94. The highest BCUT2D eigenvalue weighted by molar-refractivity contribution is 6.03. The first-order valence-electron chi connectivity index (χ1n) is 8.15. The van der Waals surface area contributed by atoms with Crippen molar-refractivity contribution in [2.24, 2.45) is 0 Å². The van der Waals surface area contributed by atoms with Gasteiger partial charge in [0.25, 0.3) is 5.91 Å². The molecule has 0 aliphatic heterocycles. The fourth-order valence-electron chi connectivity index (χ4n) is 2.98. The molecular formula is C19H22N2O4. The molecule has 0 fully saturated rings. The number of carbonyl (C=O) groups excluding carboxylic acids is 2. The maximum Gasteiger partial charge on any atom is 0.326 e. The number of aliphatic carboxylic acids is 1. The van der Waals surface area contributed by atoms with Crippen LogP contribution in [0.1, 0.15) is 51.5 Å².